The molecule has 6 nitrogen and oxygen atoms in total. The van der Waals surface area contributed by atoms with E-state index in [1.807, 2.05) is 4.68 Å². The first-order valence-electron chi connectivity index (χ1n) is 6.67. The van der Waals surface area contributed by atoms with E-state index in [1.54, 1.807) is 36.7 Å². The maximum atomic E-state index is 11.9. The summed E-state index contributed by atoms with van der Waals surface area (Å²) in [6, 6.07) is 6.95. The number of benzene rings is 1. The minimum Gasteiger partial charge on any atom is -0.379 e. The number of hydrogen-bond donors (Lipinski definition) is 2. The summed E-state index contributed by atoms with van der Waals surface area (Å²) in [6.07, 6.45) is 4.35. The van der Waals surface area contributed by atoms with E-state index in [2.05, 4.69) is 15.7 Å². The molecule has 1 atom stereocenters. The predicted octanol–water partition coefficient (Wildman–Crippen LogP) is 3.14. The van der Waals surface area contributed by atoms with Crippen molar-refractivity contribution in [3.63, 3.8) is 0 Å². The summed E-state index contributed by atoms with van der Waals surface area (Å²) in [6.45, 7) is 1.41. The molecular formula is C14H15ClN4O2. The second-order valence-electron chi connectivity index (χ2n) is 4.79. The van der Waals surface area contributed by atoms with Gasteiger partial charge >= 0.3 is 6.03 Å². The minimum atomic E-state index is -0.356. The number of carbonyl (C=O) groups is 1. The summed E-state index contributed by atoms with van der Waals surface area (Å²) in [5.41, 5.74) is 1.19. The average molecular weight is 307 g/mol. The maximum Gasteiger partial charge on any atom is 0.323 e. The van der Waals surface area contributed by atoms with Crippen LogP contribution < -0.4 is 10.6 Å². The number of hydrogen-bond acceptors (Lipinski definition) is 3. The van der Waals surface area contributed by atoms with Crippen LogP contribution in [0.2, 0.25) is 5.02 Å². The van der Waals surface area contributed by atoms with Crippen molar-refractivity contribution < 1.29 is 9.53 Å². The van der Waals surface area contributed by atoms with Gasteiger partial charge in [0.1, 0.15) is 0 Å². The molecule has 3 rings (SSSR count). The number of amides is 2. The summed E-state index contributed by atoms with van der Waals surface area (Å²) < 4.78 is 7.14. The number of rotatable bonds is 3. The van der Waals surface area contributed by atoms with Crippen LogP contribution in [0.5, 0.6) is 0 Å². The number of urea groups is 1. The SMILES string of the molecule is O=C(Nc1cnn(C2CCOC2)c1)Nc1ccccc1Cl. The van der Waals surface area contributed by atoms with Gasteiger partial charge < -0.3 is 15.4 Å². The lowest BCUT2D eigenvalue weighted by Crippen LogP contribution is -2.19. The smallest absolute Gasteiger partial charge is 0.323 e. The van der Waals surface area contributed by atoms with E-state index in [4.69, 9.17) is 16.3 Å². The fourth-order valence-corrected chi connectivity index (χ4v) is 2.36. The molecule has 2 heterocycles. The topological polar surface area (TPSA) is 68.2 Å². The van der Waals surface area contributed by atoms with Crippen LogP contribution in [0.4, 0.5) is 16.2 Å². The summed E-state index contributed by atoms with van der Waals surface area (Å²) in [5.74, 6) is 0. The fourth-order valence-electron chi connectivity index (χ4n) is 2.18. The van der Waals surface area contributed by atoms with Gasteiger partial charge in [-0.05, 0) is 18.6 Å². The van der Waals surface area contributed by atoms with Gasteiger partial charge in [-0.25, -0.2) is 4.79 Å². The standard InChI is InChI=1S/C14H15ClN4O2/c15-12-3-1-2-4-13(12)18-14(20)17-10-7-16-19(8-10)11-5-6-21-9-11/h1-4,7-8,11H,5-6,9H2,(H2,17,18,20). The largest absolute Gasteiger partial charge is 0.379 e. The highest BCUT2D eigenvalue weighted by atomic mass is 35.5. The summed E-state index contributed by atoms with van der Waals surface area (Å²) in [5, 5.41) is 10.2. The number of nitrogens with one attached hydrogen (secondary N) is 2. The van der Waals surface area contributed by atoms with E-state index in [0.717, 1.165) is 13.0 Å². The zero-order valence-corrected chi connectivity index (χ0v) is 12.0. The van der Waals surface area contributed by atoms with Crippen LogP contribution in [0.1, 0.15) is 12.5 Å². The zero-order valence-electron chi connectivity index (χ0n) is 11.3. The molecule has 1 aromatic heterocycles. The van der Waals surface area contributed by atoms with Crippen LogP contribution in [0.15, 0.2) is 36.7 Å². The lowest BCUT2D eigenvalue weighted by atomic mass is 10.3. The Morgan fingerprint density at radius 1 is 1.38 bits per heavy atom. The molecule has 0 radical (unpaired) electrons. The Labute approximate surface area is 127 Å². The van der Waals surface area contributed by atoms with Crippen molar-refractivity contribution in [2.24, 2.45) is 0 Å². The number of anilines is 2. The molecule has 2 aromatic rings. The van der Waals surface area contributed by atoms with Crippen LogP contribution in [0.25, 0.3) is 0 Å². The number of ether oxygens (including phenoxy) is 1. The van der Waals surface area contributed by atoms with E-state index in [-0.39, 0.29) is 12.1 Å². The highest BCUT2D eigenvalue weighted by Crippen LogP contribution is 2.22. The highest BCUT2D eigenvalue weighted by Gasteiger charge is 2.18. The maximum absolute atomic E-state index is 11.9. The van der Waals surface area contributed by atoms with Gasteiger partial charge in [0.15, 0.2) is 0 Å². The Hall–Kier alpha value is -2.05. The average Bonchev–Trinajstić information content (AvgIpc) is 3.12. The molecule has 0 aliphatic carbocycles. The molecule has 110 valence electrons. The van der Waals surface area contributed by atoms with Gasteiger partial charge in [-0.2, -0.15) is 5.10 Å². The molecule has 1 aromatic carbocycles. The van der Waals surface area contributed by atoms with Crippen molar-refractivity contribution in [3.8, 4) is 0 Å². The van der Waals surface area contributed by atoms with Crippen LogP contribution >= 0.6 is 11.6 Å². The third-order valence-corrected chi connectivity index (χ3v) is 3.59. The van der Waals surface area contributed by atoms with Gasteiger partial charge in [-0.3, -0.25) is 4.68 Å². The Morgan fingerprint density at radius 2 is 2.24 bits per heavy atom. The van der Waals surface area contributed by atoms with Gasteiger partial charge in [0.25, 0.3) is 0 Å². The first-order chi connectivity index (χ1) is 10.2. The quantitative estimate of drug-likeness (QED) is 0.915. The van der Waals surface area contributed by atoms with E-state index in [9.17, 15) is 4.79 Å². The third kappa shape index (κ3) is 3.34. The first kappa shape index (κ1) is 13.9. The van der Waals surface area contributed by atoms with Gasteiger partial charge in [-0.15, -0.1) is 0 Å². The van der Waals surface area contributed by atoms with Crippen molar-refractivity contribution in [1.82, 2.24) is 9.78 Å². The normalized spacial score (nSPS) is 17.7. The summed E-state index contributed by atoms with van der Waals surface area (Å²) in [7, 11) is 0. The molecule has 1 fully saturated rings. The molecule has 1 saturated heterocycles. The number of aromatic nitrogens is 2. The summed E-state index contributed by atoms with van der Waals surface area (Å²) >= 11 is 5.99. The van der Waals surface area contributed by atoms with Crippen molar-refractivity contribution in [1.29, 1.82) is 0 Å². The minimum absolute atomic E-state index is 0.243. The van der Waals surface area contributed by atoms with Gasteiger partial charge in [-0.1, -0.05) is 23.7 Å². The number of halogens is 1. The van der Waals surface area contributed by atoms with Gasteiger partial charge in [0.2, 0.25) is 0 Å². The second-order valence-corrected chi connectivity index (χ2v) is 5.19. The monoisotopic (exact) mass is 306 g/mol. The molecule has 1 aliphatic rings. The van der Waals surface area contributed by atoms with Crippen molar-refractivity contribution in [3.05, 3.63) is 41.7 Å². The Morgan fingerprint density at radius 3 is 3.00 bits per heavy atom. The molecular weight excluding hydrogens is 292 g/mol. The lowest BCUT2D eigenvalue weighted by molar-refractivity contribution is 0.184. The van der Waals surface area contributed by atoms with Gasteiger partial charge in [0.05, 0.1) is 35.2 Å². The fraction of sp³-hybridized carbons (Fsp3) is 0.286. The molecule has 1 aliphatic heterocycles. The number of para-hydroxylation sites is 1. The lowest BCUT2D eigenvalue weighted by Gasteiger charge is -2.08. The number of carbonyl (C=O) groups excluding carboxylic acids is 1. The molecule has 2 amide bonds. The molecule has 0 saturated carbocycles. The molecule has 1 unspecified atom stereocenters. The zero-order chi connectivity index (χ0) is 14.7. The second kappa shape index (κ2) is 6.15. The van der Waals surface area contributed by atoms with Crippen LogP contribution in [0, 0.1) is 0 Å². The van der Waals surface area contributed by atoms with Crippen LogP contribution in [-0.4, -0.2) is 29.0 Å². The Kier molecular flexibility index (Phi) is 4.08. The van der Waals surface area contributed by atoms with Crippen LogP contribution in [0.3, 0.4) is 0 Å². The van der Waals surface area contributed by atoms with Crippen molar-refractivity contribution in [2.45, 2.75) is 12.5 Å². The van der Waals surface area contributed by atoms with Crippen molar-refractivity contribution in [2.75, 3.05) is 23.8 Å². The highest BCUT2D eigenvalue weighted by molar-refractivity contribution is 6.33. The van der Waals surface area contributed by atoms with E-state index < -0.39 is 0 Å². The Balaban J connectivity index is 1.61. The molecule has 0 spiro atoms. The molecule has 0 bridgehead atoms. The van der Waals surface area contributed by atoms with Crippen LogP contribution in [-0.2, 0) is 4.74 Å². The molecule has 7 heteroatoms. The van der Waals surface area contributed by atoms with Crippen molar-refractivity contribution >= 4 is 29.0 Å². The van der Waals surface area contributed by atoms with Gasteiger partial charge in [0, 0.05) is 12.8 Å². The third-order valence-electron chi connectivity index (χ3n) is 3.26. The van der Waals surface area contributed by atoms with E-state index >= 15 is 0 Å². The van der Waals surface area contributed by atoms with E-state index in [1.165, 1.54) is 0 Å². The van der Waals surface area contributed by atoms with E-state index in [0.29, 0.717) is 23.0 Å². The predicted molar refractivity (Wildman–Crippen MR) is 80.8 cm³/mol. The molecule has 21 heavy (non-hydrogen) atoms. The Bertz CT molecular complexity index is 637. The summed E-state index contributed by atoms with van der Waals surface area (Å²) in [4.78, 5) is 11.9. The first-order valence-corrected chi connectivity index (χ1v) is 7.04. The number of nitrogens with zero attached hydrogens (tertiary/aromatic N) is 2. The molecule has 2 N–H and O–H groups in total.